The number of rotatable bonds is 3. The van der Waals surface area contributed by atoms with Crippen LogP contribution in [0, 0.1) is 20.8 Å². The van der Waals surface area contributed by atoms with E-state index in [1.165, 1.54) is 4.57 Å². The molecule has 0 unspecified atom stereocenters. The molecule has 3 aromatic carbocycles. The second-order valence-corrected chi connectivity index (χ2v) is 7.16. The van der Waals surface area contributed by atoms with Crippen molar-refractivity contribution < 1.29 is 9.59 Å². The van der Waals surface area contributed by atoms with E-state index in [1.54, 1.807) is 24.3 Å². The number of nitrogens with one attached hydrogen (secondary N) is 1. The summed E-state index contributed by atoms with van der Waals surface area (Å²) in [5.74, 6) is -0.311. The van der Waals surface area contributed by atoms with Gasteiger partial charge >= 0.3 is 0 Å². The lowest BCUT2D eigenvalue weighted by atomic mass is 9.99. The normalized spacial score (nSPS) is 10.9. The summed E-state index contributed by atoms with van der Waals surface area (Å²) in [6, 6.07) is 20.2. The monoisotopic (exact) mass is 383 g/mol. The van der Waals surface area contributed by atoms with E-state index in [0.717, 1.165) is 16.7 Å². The number of benzene rings is 3. The highest BCUT2D eigenvalue weighted by molar-refractivity contribution is 6.09. The van der Waals surface area contributed by atoms with Crippen molar-refractivity contribution in [2.75, 3.05) is 5.32 Å². The number of aryl methyl sites for hydroxylation is 3. The number of imidazole rings is 1. The fraction of sp³-hybridized carbons (Fsp3) is 0.125. The zero-order valence-electron chi connectivity index (χ0n) is 16.6. The largest absolute Gasteiger partial charge is 0.291 e. The summed E-state index contributed by atoms with van der Waals surface area (Å²) in [4.78, 5) is 30.8. The Labute approximate surface area is 169 Å². The van der Waals surface area contributed by atoms with Gasteiger partial charge in [0, 0.05) is 11.1 Å². The van der Waals surface area contributed by atoms with E-state index in [2.05, 4.69) is 10.3 Å². The number of aromatic nitrogens is 2. The van der Waals surface area contributed by atoms with Gasteiger partial charge in [0.25, 0.3) is 11.8 Å². The lowest BCUT2D eigenvalue weighted by Gasteiger charge is -2.14. The average molecular weight is 383 g/mol. The molecule has 1 aromatic heterocycles. The second-order valence-electron chi connectivity index (χ2n) is 7.16. The van der Waals surface area contributed by atoms with Crippen LogP contribution in [0.25, 0.3) is 11.0 Å². The van der Waals surface area contributed by atoms with Crippen LogP contribution in [0.3, 0.4) is 0 Å². The topological polar surface area (TPSA) is 64.0 Å². The summed E-state index contributed by atoms with van der Waals surface area (Å²) in [7, 11) is 0. The molecule has 4 rings (SSSR count). The average Bonchev–Trinajstić information content (AvgIpc) is 3.05. The number of hydrogen-bond donors (Lipinski definition) is 1. The lowest BCUT2D eigenvalue weighted by Crippen LogP contribution is -2.21. The molecule has 0 spiro atoms. The first-order valence-corrected chi connectivity index (χ1v) is 9.42. The fourth-order valence-corrected chi connectivity index (χ4v) is 3.71. The van der Waals surface area contributed by atoms with Gasteiger partial charge in [-0.1, -0.05) is 48.0 Å². The van der Waals surface area contributed by atoms with Gasteiger partial charge < -0.3 is 0 Å². The lowest BCUT2D eigenvalue weighted by molar-refractivity contribution is 0.0965. The zero-order chi connectivity index (χ0) is 20.5. The Bertz CT molecular complexity index is 1220. The minimum absolute atomic E-state index is 0.211. The van der Waals surface area contributed by atoms with Crippen molar-refractivity contribution in [2.24, 2.45) is 0 Å². The maximum atomic E-state index is 13.6. The summed E-state index contributed by atoms with van der Waals surface area (Å²) < 4.78 is 1.49. The number of anilines is 1. The third-order valence-electron chi connectivity index (χ3n) is 4.92. The molecule has 4 aromatic rings. The highest BCUT2D eigenvalue weighted by Gasteiger charge is 2.22. The minimum atomic E-state index is -0.313. The van der Waals surface area contributed by atoms with Crippen LogP contribution >= 0.6 is 0 Å². The smallest absolute Gasteiger partial charge is 0.265 e. The van der Waals surface area contributed by atoms with Crippen molar-refractivity contribution in [2.45, 2.75) is 20.8 Å². The molecule has 1 amide bonds. The predicted octanol–water partition coefficient (Wildman–Crippen LogP) is 4.90. The Hall–Kier alpha value is -3.73. The minimum Gasteiger partial charge on any atom is -0.291 e. The zero-order valence-corrected chi connectivity index (χ0v) is 16.6. The summed E-state index contributed by atoms with van der Waals surface area (Å²) >= 11 is 0. The van der Waals surface area contributed by atoms with E-state index in [1.807, 2.05) is 63.2 Å². The van der Waals surface area contributed by atoms with Crippen molar-refractivity contribution >= 4 is 28.8 Å². The predicted molar refractivity (Wildman–Crippen MR) is 115 cm³/mol. The van der Waals surface area contributed by atoms with Crippen LogP contribution < -0.4 is 5.32 Å². The third-order valence-corrected chi connectivity index (χ3v) is 4.92. The fourth-order valence-electron chi connectivity index (χ4n) is 3.71. The Morgan fingerprint density at radius 2 is 1.48 bits per heavy atom. The maximum absolute atomic E-state index is 13.6. The first-order chi connectivity index (χ1) is 14.0. The molecule has 1 heterocycles. The molecule has 0 bridgehead atoms. The summed E-state index contributed by atoms with van der Waals surface area (Å²) in [5.41, 5.74) is 5.31. The number of nitrogens with zero attached hydrogens (tertiary/aromatic N) is 2. The first kappa shape index (κ1) is 18.6. The van der Waals surface area contributed by atoms with Gasteiger partial charge in [0.05, 0.1) is 11.0 Å². The van der Waals surface area contributed by atoms with Crippen LogP contribution in [-0.2, 0) is 0 Å². The molecule has 0 saturated heterocycles. The van der Waals surface area contributed by atoms with Gasteiger partial charge in [-0.05, 0) is 56.2 Å². The summed E-state index contributed by atoms with van der Waals surface area (Å²) in [6.45, 7) is 5.86. The molecule has 29 heavy (non-hydrogen) atoms. The highest BCUT2D eigenvalue weighted by atomic mass is 16.2. The van der Waals surface area contributed by atoms with Gasteiger partial charge in [0.15, 0.2) is 0 Å². The Balaban J connectivity index is 1.85. The Kier molecular flexibility index (Phi) is 4.72. The van der Waals surface area contributed by atoms with Crippen molar-refractivity contribution in [1.82, 2.24) is 9.55 Å². The summed E-state index contributed by atoms with van der Waals surface area (Å²) in [5, 5.41) is 2.81. The number of carbonyl (C=O) groups is 2. The first-order valence-electron chi connectivity index (χ1n) is 9.42. The second kappa shape index (κ2) is 7.36. The molecule has 1 N–H and O–H groups in total. The molecule has 144 valence electrons. The number of fused-ring (bicyclic) bond motifs is 1. The van der Waals surface area contributed by atoms with E-state index in [9.17, 15) is 9.59 Å². The van der Waals surface area contributed by atoms with Crippen LogP contribution in [0.2, 0.25) is 0 Å². The van der Waals surface area contributed by atoms with Gasteiger partial charge in [-0.3, -0.25) is 14.9 Å². The standard InChI is InChI=1S/C24H21N3O2/c1-15-13-16(2)21(17(3)14-15)23(29)27-20-12-8-7-11-19(20)25-24(27)26-22(28)18-9-5-4-6-10-18/h4-14H,1-3H3,(H,25,26,28). The van der Waals surface area contributed by atoms with E-state index < -0.39 is 0 Å². The van der Waals surface area contributed by atoms with Crippen LogP contribution in [0.4, 0.5) is 5.95 Å². The van der Waals surface area contributed by atoms with Crippen LogP contribution in [0.5, 0.6) is 0 Å². The molecule has 0 saturated carbocycles. The van der Waals surface area contributed by atoms with Gasteiger partial charge in [-0.15, -0.1) is 0 Å². The van der Waals surface area contributed by atoms with Gasteiger partial charge in [0.1, 0.15) is 0 Å². The van der Waals surface area contributed by atoms with Crippen LogP contribution in [0.1, 0.15) is 37.4 Å². The third kappa shape index (κ3) is 3.43. The maximum Gasteiger partial charge on any atom is 0.265 e. The molecule has 5 heteroatoms. The van der Waals surface area contributed by atoms with Gasteiger partial charge in [0.2, 0.25) is 5.95 Å². The highest BCUT2D eigenvalue weighted by Crippen LogP contribution is 2.25. The Morgan fingerprint density at radius 1 is 0.862 bits per heavy atom. The molecular weight excluding hydrogens is 362 g/mol. The van der Waals surface area contributed by atoms with Crippen molar-refractivity contribution in [1.29, 1.82) is 0 Å². The van der Waals surface area contributed by atoms with E-state index in [-0.39, 0.29) is 17.8 Å². The number of para-hydroxylation sites is 2. The van der Waals surface area contributed by atoms with Crippen molar-refractivity contribution in [3.63, 3.8) is 0 Å². The van der Waals surface area contributed by atoms with Gasteiger partial charge in [-0.2, -0.15) is 0 Å². The number of carbonyl (C=O) groups excluding carboxylic acids is 2. The van der Waals surface area contributed by atoms with Crippen molar-refractivity contribution in [3.05, 3.63) is 94.5 Å². The van der Waals surface area contributed by atoms with E-state index >= 15 is 0 Å². The molecular formula is C24H21N3O2. The molecule has 0 aliphatic heterocycles. The van der Waals surface area contributed by atoms with Crippen molar-refractivity contribution in [3.8, 4) is 0 Å². The molecule has 0 atom stereocenters. The number of amides is 1. The molecule has 0 aliphatic carbocycles. The van der Waals surface area contributed by atoms with Crippen LogP contribution in [-0.4, -0.2) is 21.4 Å². The number of hydrogen-bond acceptors (Lipinski definition) is 3. The molecule has 5 nitrogen and oxygen atoms in total. The SMILES string of the molecule is Cc1cc(C)c(C(=O)n2c(NC(=O)c3ccccc3)nc3ccccc32)c(C)c1. The Morgan fingerprint density at radius 3 is 2.17 bits per heavy atom. The van der Waals surface area contributed by atoms with Gasteiger partial charge in [-0.25, -0.2) is 9.55 Å². The van der Waals surface area contributed by atoms with Crippen LogP contribution in [0.15, 0.2) is 66.7 Å². The molecule has 0 fully saturated rings. The van der Waals surface area contributed by atoms with E-state index in [4.69, 9.17) is 0 Å². The molecule has 0 aliphatic rings. The quantitative estimate of drug-likeness (QED) is 0.547. The molecule has 0 radical (unpaired) electrons. The van der Waals surface area contributed by atoms with E-state index in [0.29, 0.717) is 22.2 Å². The summed E-state index contributed by atoms with van der Waals surface area (Å²) in [6.07, 6.45) is 0.